The zero-order valence-electron chi connectivity index (χ0n) is 35.2. The normalized spacial score (nSPS) is 14.6. The molecule has 3 aromatic heterocycles. The van der Waals surface area contributed by atoms with E-state index in [4.69, 9.17) is 12.3 Å². The molecular weight excluding hydrogens is 773 g/mol. The largest absolute Gasteiger partial charge is 0.305 e. The first-order valence-corrected chi connectivity index (χ1v) is 19.0. The molecular formula is C41H38IrN2SSi-2. The molecule has 0 saturated carbocycles. The maximum absolute atomic E-state index is 8.48. The zero-order valence-corrected chi connectivity index (χ0v) is 30.4. The van der Waals surface area contributed by atoms with Crippen molar-refractivity contribution in [3.63, 3.8) is 0 Å². The molecule has 1 radical (unpaired) electrons. The van der Waals surface area contributed by atoms with E-state index in [1.165, 1.54) is 11.3 Å². The molecule has 4 aromatic carbocycles. The summed E-state index contributed by atoms with van der Waals surface area (Å²) in [6.45, 7) is 8.38. The summed E-state index contributed by atoms with van der Waals surface area (Å²) < 4.78 is 73.0. The van der Waals surface area contributed by atoms with Gasteiger partial charge in [-0.05, 0) is 55.8 Å². The van der Waals surface area contributed by atoms with Crippen LogP contribution < -0.4 is 5.19 Å². The van der Waals surface area contributed by atoms with Crippen molar-refractivity contribution in [3.8, 4) is 33.6 Å². The predicted octanol–water partition coefficient (Wildman–Crippen LogP) is 11.1. The number of thiophene rings is 1. The van der Waals surface area contributed by atoms with E-state index < -0.39 is 20.8 Å². The Hall–Kier alpha value is -3.73. The summed E-state index contributed by atoms with van der Waals surface area (Å²) in [6.07, 6.45) is 3.64. The van der Waals surface area contributed by atoms with Crippen molar-refractivity contribution in [2.75, 3.05) is 0 Å². The van der Waals surface area contributed by atoms with Gasteiger partial charge in [0.2, 0.25) is 0 Å². The van der Waals surface area contributed by atoms with Crippen LogP contribution in [-0.2, 0) is 20.1 Å². The van der Waals surface area contributed by atoms with Crippen molar-refractivity contribution in [1.29, 1.82) is 0 Å². The molecule has 7 aromatic rings. The van der Waals surface area contributed by atoms with Crippen molar-refractivity contribution in [2.24, 2.45) is 0 Å². The summed E-state index contributed by atoms with van der Waals surface area (Å²) in [7, 11) is -1.61. The SMILES string of the molecule is [2H]C([2H])([2H])c1c[c-]c(-c2cc(C([2H])(C)C)c([Si](C)(C)C)cn2)cc1.[2H]c1c([2H])c([2H])c(-c2ccc3c(c2)sc2c(-c4ccccn4)[c-]ccc23)c([2H])c1[2H].[Ir]. The van der Waals surface area contributed by atoms with Gasteiger partial charge in [0.25, 0.3) is 0 Å². The minimum absolute atomic E-state index is 0. The fourth-order valence-electron chi connectivity index (χ4n) is 5.19. The summed E-state index contributed by atoms with van der Waals surface area (Å²) in [5, 5.41) is 3.32. The molecule has 0 N–H and O–H groups in total. The Bertz CT molecular complexity index is 2480. The van der Waals surface area contributed by atoms with E-state index in [9.17, 15) is 0 Å². The summed E-state index contributed by atoms with van der Waals surface area (Å²) in [5.74, 6) is -0.716. The average molecular weight is 820 g/mol. The number of hydrogen-bond donors (Lipinski definition) is 0. The van der Waals surface area contributed by atoms with Crippen molar-refractivity contribution in [3.05, 3.63) is 139 Å². The molecule has 0 saturated heterocycles. The van der Waals surface area contributed by atoms with Crippen LogP contribution in [0.5, 0.6) is 0 Å². The van der Waals surface area contributed by atoms with E-state index in [1.54, 1.807) is 29.7 Å². The molecule has 5 heteroatoms. The van der Waals surface area contributed by atoms with Crippen molar-refractivity contribution >= 4 is 44.8 Å². The van der Waals surface area contributed by atoms with Gasteiger partial charge in [-0.3, -0.25) is 0 Å². The van der Waals surface area contributed by atoms with Crippen molar-refractivity contribution in [1.82, 2.24) is 9.97 Å². The van der Waals surface area contributed by atoms with Gasteiger partial charge in [-0.2, -0.15) is 11.3 Å². The van der Waals surface area contributed by atoms with Gasteiger partial charge in [-0.1, -0.05) is 112 Å². The molecule has 0 aliphatic heterocycles. The number of aryl methyl sites for hydroxylation is 1. The second-order valence-electron chi connectivity index (χ2n) is 12.0. The summed E-state index contributed by atoms with van der Waals surface area (Å²) in [5.41, 5.74) is 5.33. The molecule has 0 atom stereocenters. The summed E-state index contributed by atoms with van der Waals surface area (Å²) in [6, 6.07) is 27.0. The van der Waals surface area contributed by atoms with Crippen molar-refractivity contribution in [2.45, 2.75) is 46.2 Å². The number of benzene rings is 4. The number of hydrogen-bond acceptors (Lipinski definition) is 3. The van der Waals surface area contributed by atoms with Crippen LogP contribution >= 0.6 is 11.3 Å². The van der Waals surface area contributed by atoms with E-state index in [-0.39, 0.29) is 61.4 Å². The van der Waals surface area contributed by atoms with Gasteiger partial charge in [-0.15, -0.1) is 59.2 Å². The van der Waals surface area contributed by atoms with Gasteiger partial charge in [0, 0.05) is 42.7 Å². The molecule has 46 heavy (non-hydrogen) atoms. The Morgan fingerprint density at radius 2 is 1.70 bits per heavy atom. The first kappa shape index (κ1) is 23.6. The number of nitrogens with zero attached hydrogens (tertiary/aromatic N) is 2. The maximum atomic E-state index is 8.48. The van der Waals surface area contributed by atoms with Crippen LogP contribution in [0.1, 0.15) is 43.2 Å². The monoisotopic (exact) mass is 820 g/mol. The average Bonchev–Trinajstić information content (AvgIpc) is 3.51. The third-order valence-electron chi connectivity index (χ3n) is 7.48. The van der Waals surface area contributed by atoms with Crippen LogP contribution in [0.15, 0.2) is 115 Å². The summed E-state index contributed by atoms with van der Waals surface area (Å²) in [4.78, 5) is 9.01. The fourth-order valence-corrected chi connectivity index (χ4v) is 8.02. The van der Waals surface area contributed by atoms with Gasteiger partial charge in [0.1, 0.15) is 0 Å². The molecule has 7 rings (SSSR count). The quantitative estimate of drug-likeness (QED) is 0.128. The number of fused-ring (bicyclic) bond motifs is 3. The Kier molecular flexibility index (Phi) is 7.35. The molecule has 0 aliphatic carbocycles. The van der Waals surface area contributed by atoms with Crippen LogP contribution in [0.4, 0.5) is 0 Å². The van der Waals surface area contributed by atoms with Crippen LogP contribution in [0, 0.1) is 19.0 Å². The van der Waals surface area contributed by atoms with Crippen molar-refractivity contribution < 1.29 is 32.4 Å². The Morgan fingerprint density at radius 3 is 2.37 bits per heavy atom. The maximum Gasteiger partial charge on any atom is 0.0799 e. The first-order valence-electron chi connectivity index (χ1n) is 19.2. The van der Waals surface area contributed by atoms with E-state index in [0.29, 0.717) is 5.56 Å². The standard InChI is InChI=1S/C23H14NS.C18H24NSi.Ir/c1-2-7-16(8-3-1)17-12-13-18-19-9-6-10-20(21-11-4-5-14-24-21)23(19)25-22(18)15-17;1-13(2)16-11-17(15-9-7-14(3)8-10-15)19-12-18(16)20(4,5)6;/h1-9,11-15H;7-9,11-13H,1-6H3;/q2*-1;/i1D,2D,3D,7D,8D;3D3,13D;. The minimum atomic E-state index is -2.13. The van der Waals surface area contributed by atoms with E-state index >= 15 is 0 Å². The Balaban J connectivity index is 0.000000213. The molecule has 2 nitrogen and oxygen atoms in total. The number of aromatic nitrogens is 2. The second-order valence-corrected chi connectivity index (χ2v) is 18.1. The van der Waals surface area contributed by atoms with Gasteiger partial charge >= 0.3 is 0 Å². The molecule has 3 heterocycles. The van der Waals surface area contributed by atoms with Crippen LogP contribution in [0.25, 0.3) is 53.8 Å². The molecule has 0 bridgehead atoms. The molecule has 0 spiro atoms. The molecule has 0 fully saturated rings. The Morgan fingerprint density at radius 1 is 0.870 bits per heavy atom. The third kappa shape index (κ3) is 7.29. The number of pyridine rings is 2. The second kappa shape index (κ2) is 14.4. The predicted molar refractivity (Wildman–Crippen MR) is 197 cm³/mol. The van der Waals surface area contributed by atoms with E-state index in [1.807, 2.05) is 74.6 Å². The minimum Gasteiger partial charge on any atom is -0.305 e. The topological polar surface area (TPSA) is 25.8 Å². The Labute approximate surface area is 304 Å². The van der Waals surface area contributed by atoms with Crippen LogP contribution in [0.2, 0.25) is 19.6 Å². The van der Waals surface area contributed by atoms with E-state index in [0.717, 1.165) is 48.3 Å². The van der Waals surface area contributed by atoms with Gasteiger partial charge < -0.3 is 9.97 Å². The molecule has 0 unspecified atom stereocenters. The van der Waals surface area contributed by atoms with Crippen LogP contribution in [-0.4, -0.2) is 18.0 Å². The smallest absolute Gasteiger partial charge is 0.0799 e. The zero-order chi connectivity index (χ0) is 39.3. The molecule has 0 amide bonds. The fraction of sp³-hybridized carbons (Fsp3) is 0.171. The third-order valence-corrected chi connectivity index (χ3v) is 10.7. The van der Waals surface area contributed by atoms with Gasteiger partial charge in [-0.25, -0.2) is 0 Å². The van der Waals surface area contributed by atoms with E-state index in [2.05, 4.69) is 41.7 Å². The number of rotatable bonds is 5. The van der Waals surface area contributed by atoms with Gasteiger partial charge in [0.15, 0.2) is 0 Å². The van der Waals surface area contributed by atoms with Gasteiger partial charge in [0.05, 0.1) is 14.9 Å². The molecule has 233 valence electrons. The van der Waals surface area contributed by atoms with Crippen LogP contribution in [0.3, 0.4) is 0 Å². The first-order chi connectivity index (χ1) is 25.3. The summed E-state index contributed by atoms with van der Waals surface area (Å²) >= 11 is 1.59. The molecule has 0 aliphatic rings.